The second kappa shape index (κ2) is 7.65. The van der Waals surface area contributed by atoms with Crippen LogP contribution in [0.5, 0.6) is 5.75 Å². The summed E-state index contributed by atoms with van der Waals surface area (Å²) in [5, 5.41) is 3.59. The minimum absolute atomic E-state index is 0.561. The molecule has 1 aromatic rings. The van der Waals surface area contributed by atoms with Gasteiger partial charge in [-0.15, -0.1) is 0 Å². The van der Waals surface area contributed by atoms with Gasteiger partial charge in [-0.1, -0.05) is 25.5 Å². The number of hydrogen-bond donors (Lipinski definition) is 1. The van der Waals surface area contributed by atoms with Crippen LogP contribution >= 0.6 is 0 Å². The normalized spacial score (nSPS) is 21.6. The van der Waals surface area contributed by atoms with E-state index in [2.05, 4.69) is 42.3 Å². The average molecular weight is 276 g/mol. The number of piperidine rings is 1. The fourth-order valence-corrected chi connectivity index (χ4v) is 3.24. The summed E-state index contributed by atoms with van der Waals surface area (Å²) in [6.45, 7) is 7.78. The zero-order chi connectivity index (χ0) is 14.4. The van der Waals surface area contributed by atoms with E-state index in [0.717, 1.165) is 18.8 Å². The van der Waals surface area contributed by atoms with Gasteiger partial charge in [-0.3, -0.25) is 4.90 Å². The molecule has 1 N–H and O–H groups in total. The van der Waals surface area contributed by atoms with Gasteiger partial charge in [0.25, 0.3) is 0 Å². The Morgan fingerprint density at radius 1 is 1.40 bits per heavy atom. The molecule has 1 aromatic carbocycles. The largest absolute Gasteiger partial charge is 0.497 e. The number of ether oxygens (including phenoxy) is 1. The predicted octanol–water partition coefficient (Wildman–Crippen LogP) is 3.05. The molecule has 0 amide bonds. The van der Waals surface area contributed by atoms with Crippen molar-refractivity contribution in [2.45, 2.75) is 51.7 Å². The van der Waals surface area contributed by atoms with Crippen molar-refractivity contribution >= 4 is 0 Å². The molecule has 2 unspecified atom stereocenters. The van der Waals surface area contributed by atoms with E-state index < -0.39 is 0 Å². The minimum atomic E-state index is 0.561. The van der Waals surface area contributed by atoms with Gasteiger partial charge in [0.05, 0.1) is 7.11 Å². The van der Waals surface area contributed by atoms with Crippen LogP contribution in [0.25, 0.3) is 0 Å². The van der Waals surface area contributed by atoms with E-state index in [1.54, 1.807) is 7.11 Å². The van der Waals surface area contributed by atoms with Crippen molar-refractivity contribution in [2.75, 3.05) is 20.2 Å². The molecule has 2 atom stereocenters. The summed E-state index contributed by atoms with van der Waals surface area (Å²) in [7, 11) is 1.73. The van der Waals surface area contributed by atoms with E-state index in [1.807, 2.05) is 6.07 Å². The Morgan fingerprint density at radius 2 is 2.25 bits per heavy atom. The maximum atomic E-state index is 5.33. The van der Waals surface area contributed by atoms with E-state index in [0.29, 0.717) is 12.1 Å². The summed E-state index contributed by atoms with van der Waals surface area (Å²) < 4.78 is 5.33. The Balaban J connectivity index is 2.04. The fraction of sp³-hybridized carbons (Fsp3) is 0.647. The molecular weight excluding hydrogens is 248 g/mol. The third-order valence-corrected chi connectivity index (χ3v) is 4.29. The van der Waals surface area contributed by atoms with Crippen molar-refractivity contribution in [1.29, 1.82) is 0 Å². The molecule has 2 rings (SSSR count). The number of nitrogens with zero attached hydrogens (tertiary/aromatic N) is 1. The summed E-state index contributed by atoms with van der Waals surface area (Å²) in [5.41, 5.74) is 1.35. The van der Waals surface area contributed by atoms with E-state index in [1.165, 1.54) is 31.4 Å². The Kier molecular flexibility index (Phi) is 5.86. The molecule has 0 aromatic heterocycles. The van der Waals surface area contributed by atoms with Gasteiger partial charge >= 0.3 is 0 Å². The van der Waals surface area contributed by atoms with Crippen LogP contribution in [0.3, 0.4) is 0 Å². The molecule has 0 bridgehead atoms. The third-order valence-electron chi connectivity index (χ3n) is 4.29. The van der Waals surface area contributed by atoms with Crippen molar-refractivity contribution in [3.8, 4) is 5.75 Å². The molecule has 0 spiro atoms. The maximum absolute atomic E-state index is 5.33. The number of nitrogens with one attached hydrogen (secondary N) is 1. The lowest BCUT2D eigenvalue weighted by molar-refractivity contribution is 0.112. The highest BCUT2D eigenvalue weighted by atomic mass is 16.5. The number of benzene rings is 1. The SMILES string of the molecule is CCNC(C)C1CCCCN1Cc1cccc(OC)c1. The van der Waals surface area contributed by atoms with Gasteiger partial charge in [0.1, 0.15) is 5.75 Å². The highest BCUT2D eigenvalue weighted by Gasteiger charge is 2.26. The van der Waals surface area contributed by atoms with Gasteiger partial charge in [0.2, 0.25) is 0 Å². The van der Waals surface area contributed by atoms with E-state index in [4.69, 9.17) is 4.74 Å². The Bertz CT molecular complexity index is 408. The zero-order valence-corrected chi connectivity index (χ0v) is 13.1. The van der Waals surface area contributed by atoms with Crippen molar-refractivity contribution < 1.29 is 4.74 Å². The van der Waals surface area contributed by atoms with Crippen LogP contribution in [0, 0.1) is 0 Å². The molecule has 1 aliphatic heterocycles. The molecule has 1 fully saturated rings. The lowest BCUT2D eigenvalue weighted by Crippen LogP contribution is -2.50. The lowest BCUT2D eigenvalue weighted by Gasteiger charge is -2.39. The molecule has 20 heavy (non-hydrogen) atoms. The molecule has 0 aliphatic carbocycles. The Hall–Kier alpha value is -1.06. The zero-order valence-electron chi connectivity index (χ0n) is 13.1. The fourth-order valence-electron chi connectivity index (χ4n) is 3.24. The number of rotatable bonds is 6. The van der Waals surface area contributed by atoms with Crippen LogP contribution < -0.4 is 10.1 Å². The second-order valence-electron chi connectivity index (χ2n) is 5.73. The highest BCUT2D eigenvalue weighted by molar-refractivity contribution is 5.28. The monoisotopic (exact) mass is 276 g/mol. The van der Waals surface area contributed by atoms with Gasteiger partial charge in [0.15, 0.2) is 0 Å². The summed E-state index contributed by atoms with van der Waals surface area (Å²) in [6.07, 6.45) is 3.98. The molecule has 3 nitrogen and oxygen atoms in total. The molecule has 0 radical (unpaired) electrons. The molecule has 0 saturated carbocycles. The molecule has 1 saturated heterocycles. The van der Waals surface area contributed by atoms with Crippen molar-refractivity contribution in [2.24, 2.45) is 0 Å². The lowest BCUT2D eigenvalue weighted by atomic mass is 9.95. The maximum Gasteiger partial charge on any atom is 0.119 e. The van der Waals surface area contributed by atoms with Crippen LogP contribution in [-0.4, -0.2) is 37.2 Å². The first-order chi connectivity index (χ1) is 9.74. The molecule has 1 heterocycles. The van der Waals surface area contributed by atoms with Crippen molar-refractivity contribution in [3.63, 3.8) is 0 Å². The first-order valence-corrected chi connectivity index (χ1v) is 7.85. The minimum Gasteiger partial charge on any atom is -0.497 e. The molecule has 3 heteroatoms. The number of hydrogen-bond acceptors (Lipinski definition) is 3. The smallest absolute Gasteiger partial charge is 0.119 e. The number of methoxy groups -OCH3 is 1. The summed E-state index contributed by atoms with van der Waals surface area (Å²) in [5.74, 6) is 0.954. The summed E-state index contributed by atoms with van der Waals surface area (Å²) >= 11 is 0. The van der Waals surface area contributed by atoms with Gasteiger partial charge < -0.3 is 10.1 Å². The van der Waals surface area contributed by atoms with Gasteiger partial charge in [0, 0.05) is 18.6 Å². The Morgan fingerprint density at radius 3 is 3.00 bits per heavy atom. The predicted molar refractivity (Wildman–Crippen MR) is 84.2 cm³/mol. The van der Waals surface area contributed by atoms with Crippen LogP contribution in [0.4, 0.5) is 0 Å². The van der Waals surface area contributed by atoms with Crippen LogP contribution in [0.15, 0.2) is 24.3 Å². The van der Waals surface area contributed by atoms with Crippen LogP contribution in [0.2, 0.25) is 0 Å². The topological polar surface area (TPSA) is 24.5 Å². The van der Waals surface area contributed by atoms with E-state index in [-0.39, 0.29) is 0 Å². The molecule has 112 valence electrons. The standard InChI is InChI=1S/C17H28N2O/c1-4-18-14(2)17-10-5-6-11-19(17)13-15-8-7-9-16(12-15)20-3/h7-9,12,14,17-18H,4-6,10-11,13H2,1-3H3. The number of likely N-dealkylation sites (tertiary alicyclic amines) is 1. The van der Waals surface area contributed by atoms with Gasteiger partial charge in [-0.2, -0.15) is 0 Å². The first-order valence-electron chi connectivity index (χ1n) is 7.85. The number of likely N-dealkylation sites (N-methyl/N-ethyl adjacent to an activating group) is 1. The van der Waals surface area contributed by atoms with Gasteiger partial charge in [-0.25, -0.2) is 0 Å². The van der Waals surface area contributed by atoms with E-state index >= 15 is 0 Å². The average Bonchev–Trinajstić information content (AvgIpc) is 2.48. The third kappa shape index (κ3) is 3.97. The quantitative estimate of drug-likeness (QED) is 0.864. The summed E-state index contributed by atoms with van der Waals surface area (Å²) in [4.78, 5) is 2.63. The van der Waals surface area contributed by atoms with Crippen LogP contribution in [0.1, 0.15) is 38.7 Å². The van der Waals surface area contributed by atoms with Crippen molar-refractivity contribution in [3.05, 3.63) is 29.8 Å². The first kappa shape index (κ1) is 15.3. The second-order valence-corrected chi connectivity index (χ2v) is 5.73. The van der Waals surface area contributed by atoms with Crippen LogP contribution in [-0.2, 0) is 6.54 Å². The Labute approximate surface area is 123 Å². The van der Waals surface area contributed by atoms with E-state index in [9.17, 15) is 0 Å². The molecule has 1 aliphatic rings. The van der Waals surface area contributed by atoms with Crippen molar-refractivity contribution in [1.82, 2.24) is 10.2 Å². The molecular formula is C17H28N2O. The van der Waals surface area contributed by atoms with Gasteiger partial charge in [-0.05, 0) is 50.6 Å². The highest BCUT2D eigenvalue weighted by Crippen LogP contribution is 2.23. The summed E-state index contributed by atoms with van der Waals surface area (Å²) in [6, 6.07) is 9.66.